The van der Waals surface area contributed by atoms with Gasteiger partial charge in [-0.2, -0.15) is 4.68 Å². The lowest BCUT2D eigenvalue weighted by Crippen LogP contribution is -2.37. The molecule has 0 unspecified atom stereocenters. The predicted octanol–water partition coefficient (Wildman–Crippen LogP) is 4.21. The Morgan fingerprint density at radius 1 is 1.00 bits per heavy atom. The predicted molar refractivity (Wildman–Crippen MR) is 124 cm³/mol. The van der Waals surface area contributed by atoms with Gasteiger partial charge in [-0.3, -0.25) is 9.69 Å². The number of carbonyl (C=O) groups is 1. The van der Waals surface area contributed by atoms with Crippen molar-refractivity contribution in [2.24, 2.45) is 0 Å². The summed E-state index contributed by atoms with van der Waals surface area (Å²) in [5.74, 6) is -0.441. The number of para-hydroxylation sites is 1. The second-order valence-corrected chi connectivity index (χ2v) is 7.81. The summed E-state index contributed by atoms with van der Waals surface area (Å²) in [6, 6.07) is 23.8. The van der Waals surface area contributed by atoms with Crippen LogP contribution in [0, 0.1) is 12.7 Å². The highest BCUT2D eigenvalue weighted by Gasteiger charge is 2.32. The van der Waals surface area contributed by atoms with E-state index in [0.717, 1.165) is 22.4 Å². The van der Waals surface area contributed by atoms with E-state index >= 15 is 0 Å². The first kappa shape index (κ1) is 20.6. The number of amides is 1. The molecule has 1 aliphatic heterocycles. The fraction of sp³-hybridized carbons (Fsp3) is 0.120. The zero-order chi connectivity index (χ0) is 22.8. The number of fused-ring (bicyclic) bond motifs is 1. The molecule has 164 valence electrons. The maximum absolute atomic E-state index is 14.1. The third kappa shape index (κ3) is 4.10. The summed E-state index contributed by atoms with van der Waals surface area (Å²) < 4.78 is 15.7. The van der Waals surface area contributed by atoms with Crippen LogP contribution >= 0.6 is 0 Å². The van der Waals surface area contributed by atoms with Gasteiger partial charge in [0.05, 0.1) is 11.4 Å². The topological polar surface area (TPSA) is 75.9 Å². The molecule has 5 rings (SSSR count). The summed E-state index contributed by atoms with van der Waals surface area (Å²) in [5.41, 5.74) is 4.03. The number of allylic oxidation sites excluding steroid dienone is 1. The standard InChI is InChI=1S/C25H21FN6O/c1-17-11-13-19(14-12-17)23-15-22(18-7-3-2-4-8-18)31(25-28-29-30-32(23)25)16-24(33)27-21-10-6-5-9-20(21)26/h2-15,23H,16H2,1H3,(H,27,33)/t23-/m1/s1. The van der Waals surface area contributed by atoms with Crippen LogP contribution in [0.5, 0.6) is 0 Å². The minimum atomic E-state index is -0.493. The van der Waals surface area contributed by atoms with E-state index < -0.39 is 5.82 Å². The number of halogens is 1. The van der Waals surface area contributed by atoms with Crippen LogP contribution in [0.25, 0.3) is 5.70 Å². The van der Waals surface area contributed by atoms with Gasteiger partial charge in [0.2, 0.25) is 5.91 Å². The summed E-state index contributed by atoms with van der Waals surface area (Å²) >= 11 is 0. The second kappa shape index (κ2) is 8.66. The number of hydrogen-bond acceptors (Lipinski definition) is 5. The number of tetrazole rings is 1. The van der Waals surface area contributed by atoms with Crippen molar-refractivity contribution < 1.29 is 9.18 Å². The molecule has 0 radical (unpaired) electrons. The summed E-state index contributed by atoms with van der Waals surface area (Å²) in [5, 5.41) is 14.9. The molecule has 8 heteroatoms. The van der Waals surface area contributed by atoms with Gasteiger partial charge in [0.1, 0.15) is 18.4 Å². The first-order valence-corrected chi connectivity index (χ1v) is 10.5. The van der Waals surface area contributed by atoms with E-state index in [0.29, 0.717) is 5.95 Å². The molecule has 1 N–H and O–H groups in total. The highest BCUT2D eigenvalue weighted by molar-refractivity contribution is 5.97. The van der Waals surface area contributed by atoms with Crippen LogP contribution in [0.15, 0.2) is 84.9 Å². The third-order valence-electron chi connectivity index (χ3n) is 5.52. The Morgan fingerprint density at radius 2 is 1.73 bits per heavy atom. The van der Waals surface area contributed by atoms with Crippen LogP contribution < -0.4 is 10.2 Å². The van der Waals surface area contributed by atoms with Crippen molar-refractivity contribution in [2.45, 2.75) is 13.0 Å². The number of aromatic nitrogens is 4. The highest BCUT2D eigenvalue weighted by atomic mass is 19.1. The zero-order valence-corrected chi connectivity index (χ0v) is 17.9. The zero-order valence-electron chi connectivity index (χ0n) is 17.9. The van der Waals surface area contributed by atoms with Crippen molar-refractivity contribution in [1.29, 1.82) is 0 Å². The Bertz CT molecular complexity index is 1320. The van der Waals surface area contributed by atoms with Crippen LogP contribution in [-0.4, -0.2) is 32.7 Å². The highest BCUT2D eigenvalue weighted by Crippen LogP contribution is 2.36. The first-order valence-electron chi connectivity index (χ1n) is 10.5. The number of aryl methyl sites for hydroxylation is 1. The van der Waals surface area contributed by atoms with E-state index in [-0.39, 0.29) is 24.2 Å². The summed E-state index contributed by atoms with van der Waals surface area (Å²) in [4.78, 5) is 14.7. The normalized spacial score (nSPS) is 15.0. The fourth-order valence-electron chi connectivity index (χ4n) is 3.88. The van der Waals surface area contributed by atoms with Crippen LogP contribution in [-0.2, 0) is 4.79 Å². The van der Waals surface area contributed by atoms with Gasteiger partial charge in [-0.1, -0.05) is 77.4 Å². The molecule has 1 aliphatic rings. The number of anilines is 2. The van der Waals surface area contributed by atoms with Crippen LogP contribution in [0.2, 0.25) is 0 Å². The molecule has 0 saturated heterocycles. The Labute approximate surface area is 190 Å². The van der Waals surface area contributed by atoms with E-state index in [9.17, 15) is 9.18 Å². The van der Waals surface area contributed by atoms with Gasteiger partial charge in [0, 0.05) is 0 Å². The van der Waals surface area contributed by atoms with Gasteiger partial charge in [-0.25, -0.2) is 4.39 Å². The molecular formula is C25H21FN6O. The number of nitrogens with zero attached hydrogens (tertiary/aromatic N) is 5. The van der Waals surface area contributed by atoms with E-state index in [4.69, 9.17) is 0 Å². The first-order chi connectivity index (χ1) is 16.1. The van der Waals surface area contributed by atoms with Gasteiger partial charge in [0.25, 0.3) is 5.95 Å². The van der Waals surface area contributed by atoms with Gasteiger partial charge < -0.3 is 5.32 Å². The lowest BCUT2D eigenvalue weighted by Gasteiger charge is -2.32. The van der Waals surface area contributed by atoms with E-state index in [1.807, 2.05) is 67.6 Å². The molecule has 3 aromatic carbocycles. The molecule has 33 heavy (non-hydrogen) atoms. The molecule has 1 aromatic heterocycles. The number of nitrogens with one attached hydrogen (secondary N) is 1. The fourth-order valence-corrected chi connectivity index (χ4v) is 3.88. The van der Waals surface area contributed by atoms with Crippen molar-refractivity contribution in [3.8, 4) is 0 Å². The van der Waals surface area contributed by atoms with E-state index in [1.165, 1.54) is 12.1 Å². The van der Waals surface area contributed by atoms with Crippen molar-refractivity contribution in [3.63, 3.8) is 0 Å². The monoisotopic (exact) mass is 440 g/mol. The molecule has 1 amide bonds. The maximum Gasteiger partial charge on any atom is 0.251 e. The van der Waals surface area contributed by atoms with Gasteiger partial charge in [-0.15, -0.1) is 0 Å². The number of hydrogen-bond donors (Lipinski definition) is 1. The lowest BCUT2D eigenvalue weighted by molar-refractivity contribution is -0.114. The van der Waals surface area contributed by atoms with Crippen molar-refractivity contribution in [1.82, 2.24) is 20.2 Å². The van der Waals surface area contributed by atoms with Crippen molar-refractivity contribution >= 4 is 23.2 Å². The average Bonchev–Trinajstić information content (AvgIpc) is 3.32. The summed E-state index contributed by atoms with van der Waals surface area (Å²) in [6.07, 6.45) is 2.04. The summed E-state index contributed by atoms with van der Waals surface area (Å²) in [7, 11) is 0. The van der Waals surface area contributed by atoms with Crippen molar-refractivity contribution in [2.75, 3.05) is 16.8 Å². The quantitative estimate of drug-likeness (QED) is 0.503. The molecule has 0 spiro atoms. The third-order valence-corrected chi connectivity index (χ3v) is 5.52. The summed E-state index contributed by atoms with van der Waals surface area (Å²) in [6.45, 7) is 1.95. The SMILES string of the molecule is Cc1ccc([C@H]2C=C(c3ccccc3)N(CC(=O)Nc3ccccc3F)c3nnnn32)cc1. The molecule has 0 fully saturated rings. The van der Waals surface area contributed by atoms with Crippen LogP contribution in [0.4, 0.5) is 16.0 Å². The second-order valence-electron chi connectivity index (χ2n) is 7.81. The smallest absolute Gasteiger partial charge is 0.251 e. The molecule has 1 atom stereocenters. The molecule has 0 bridgehead atoms. The Kier molecular flexibility index (Phi) is 5.40. The van der Waals surface area contributed by atoms with Gasteiger partial charge in [0.15, 0.2) is 0 Å². The number of benzene rings is 3. The Hall–Kier alpha value is -4.33. The molecular weight excluding hydrogens is 419 g/mol. The molecule has 0 aliphatic carbocycles. The van der Waals surface area contributed by atoms with E-state index in [1.54, 1.807) is 21.7 Å². The van der Waals surface area contributed by atoms with Crippen LogP contribution in [0.1, 0.15) is 22.7 Å². The number of rotatable bonds is 5. The minimum absolute atomic E-state index is 0.0872. The largest absolute Gasteiger partial charge is 0.322 e. The lowest BCUT2D eigenvalue weighted by atomic mass is 10.00. The van der Waals surface area contributed by atoms with E-state index in [2.05, 4.69) is 20.8 Å². The maximum atomic E-state index is 14.1. The Balaban J connectivity index is 1.53. The molecule has 7 nitrogen and oxygen atoms in total. The molecule has 2 heterocycles. The Morgan fingerprint density at radius 3 is 2.48 bits per heavy atom. The average molecular weight is 440 g/mol. The number of carbonyl (C=O) groups excluding carboxylic acids is 1. The van der Waals surface area contributed by atoms with Crippen LogP contribution in [0.3, 0.4) is 0 Å². The van der Waals surface area contributed by atoms with Crippen molar-refractivity contribution in [3.05, 3.63) is 107 Å². The minimum Gasteiger partial charge on any atom is -0.322 e. The molecule has 0 saturated carbocycles. The van der Waals surface area contributed by atoms with Gasteiger partial charge in [-0.05, 0) is 46.7 Å². The van der Waals surface area contributed by atoms with Gasteiger partial charge >= 0.3 is 0 Å². The molecule has 4 aromatic rings.